The van der Waals surface area contributed by atoms with Gasteiger partial charge in [0, 0.05) is 38.6 Å². The van der Waals surface area contributed by atoms with Crippen LogP contribution in [0.2, 0.25) is 0 Å². The molecule has 2 aromatic heterocycles. The third kappa shape index (κ3) is 5.24. The molecule has 5 aliphatic carbocycles. The highest BCUT2D eigenvalue weighted by Crippen LogP contribution is 2.69. The van der Waals surface area contributed by atoms with Gasteiger partial charge in [0.1, 0.15) is 0 Å². The van der Waals surface area contributed by atoms with Crippen LogP contribution in [0.25, 0.3) is 94.7 Å². The van der Waals surface area contributed by atoms with Gasteiger partial charge in [0.15, 0.2) is 17.5 Å². The fourth-order valence-electron chi connectivity index (χ4n) is 13.2. The molecule has 4 nitrogen and oxygen atoms in total. The molecule has 4 saturated carbocycles. The maximum atomic E-state index is 5.33. The summed E-state index contributed by atoms with van der Waals surface area (Å²) in [5, 5.41) is 5.18. The molecule has 63 heavy (non-hydrogen) atoms. The van der Waals surface area contributed by atoms with Crippen LogP contribution >= 0.6 is 0 Å². The first-order valence-electron chi connectivity index (χ1n) is 22.9. The molecule has 0 amide bonds. The van der Waals surface area contributed by atoms with Gasteiger partial charge in [0.25, 0.3) is 0 Å². The van der Waals surface area contributed by atoms with E-state index in [0.717, 1.165) is 45.6 Å². The SMILES string of the molecule is c1ccc(-c2nc(-c3ccc(-c4ccc5c6ccccc6n(-c6ccccc6)c5c4)cc3)nc(-c3ccc4c(c3)C3(c5cc6ccccc6cc5-4)C4CC5CC(C4)CC3C5)n2)cc1. The summed E-state index contributed by atoms with van der Waals surface area (Å²) < 4.78 is 2.38. The second kappa shape index (κ2) is 13.4. The van der Waals surface area contributed by atoms with Gasteiger partial charge in [-0.25, -0.2) is 15.0 Å². The lowest BCUT2D eigenvalue weighted by Gasteiger charge is -2.61. The van der Waals surface area contributed by atoms with Gasteiger partial charge < -0.3 is 4.57 Å². The van der Waals surface area contributed by atoms with Crippen molar-refractivity contribution in [2.75, 3.05) is 0 Å². The zero-order valence-electron chi connectivity index (χ0n) is 35.0. The molecule has 1 spiro atoms. The Morgan fingerprint density at radius 1 is 0.381 bits per heavy atom. The van der Waals surface area contributed by atoms with Crippen molar-refractivity contribution in [3.8, 4) is 62.1 Å². The summed E-state index contributed by atoms with van der Waals surface area (Å²) in [6, 6.07) is 66.6. The lowest BCUT2D eigenvalue weighted by molar-refractivity contribution is -0.0398. The molecule has 10 aromatic rings. The van der Waals surface area contributed by atoms with Gasteiger partial charge in [-0.2, -0.15) is 0 Å². The Morgan fingerprint density at radius 3 is 1.65 bits per heavy atom. The molecule has 300 valence electrons. The minimum Gasteiger partial charge on any atom is -0.309 e. The van der Waals surface area contributed by atoms with Gasteiger partial charge in [0.2, 0.25) is 0 Å². The van der Waals surface area contributed by atoms with E-state index in [1.165, 1.54) is 86.9 Å². The van der Waals surface area contributed by atoms with E-state index in [2.05, 4.69) is 180 Å². The van der Waals surface area contributed by atoms with Crippen LogP contribution < -0.4 is 0 Å². The van der Waals surface area contributed by atoms with Crippen LogP contribution in [-0.2, 0) is 5.41 Å². The number of para-hydroxylation sites is 2. The lowest BCUT2D eigenvalue weighted by Crippen LogP contribution is -2.55. The number of hydrogen-bond donors (Lipinski definition) is 0. The average molecular weight is 809 g/mol. The van der Waals surface area contributed by atoms with E-state index in [1.54, 1.807) is 5.56 Å². The maximum Gasteiger partial charge on any atom is 0.164 e. The summed E-state index contributed by atoms with van der Waals surface area (Å²) in [6.45, 7) is 0. The number of aromatic nitrogens is 4. The third-order valence-corrected chi connectivity index (χ3v) is 15.6. The summed E-state index contributed by atoms with van der Waals surface area (Å²) >= 11 is 0. The summed E-state index contributed by atoms with van der Waals surface area (Å²) in [4.78, 5) is 15.8. The first-order valence-corrected chi connectivity index (χ1v) is 22.9. The summed E-state index contributed by atoms with van der Waals surface area (Å²) in [6.07, 6.45) is 6.82. The first kappa shape index (κ1) is 35.4. The van der Waals surface area contributed by atoms with Crippen LogP contribution in [0.15, 0.2) is 182 Å². The molecule has 0 saturated heterocycles. The maximum absolute atomic E-state index is 5.33. The van der Waals surface area contributed by atoms with Crippen molar-refractivity contribution in [3.05, 3.63) is 193 Å². The fourth-order valence-corrected chi connectivity index (χ4v) is 13.2. The molecule has 15 rings (SSSR count). The summed E-state index contributed by atoms with van der Waals surface area (Å²) in [5.41, 5.74) is 14.9. The van der Waals surface area contributed by atoms with Crippen molar-refractivity contribution in [2.45, 2.75) is 37.5 Å². The van der Waals surface area contributed by atoms with Gasteiger partial charge in [0.05, 0.1) is 11.0 Å². The lowest BCUT2D eigenvalue weighted by atomic mass is 9.43. The molecular weight excluding hydrogens is 765 g/mol. The van der Waals surface area contributed by atoms with Gasteiger partial charge in [-0.05, 0) is 142 Å². The number of nitrogens with zero attached hydrogens (tertiary/aromatic N) is 4. The molecule has 0 atom stereocenters. The topological polar surface area (TPSA) is 43.6 Å². The number of rotatable bonds is 5. The van der Waals surface area contributed by atoms with Crippen LogP contribution in [0, 0.1) is 23.7 Å². The number of hydrogen-bond acceptors (Lipinski definition) is 3. The van der Waals surface area contributed by atoms with E-state index >= 15 is 0 Å². The monoisotopic (exact) mass is 808 g/mol. The number of benzene rings is 8. The van der Waals surface area contributed by atoms with Crippen molar-refractivity contribution in [1.29, 1.82) is 0 Å². The standard InChI is InChI=1S/C59H44N4/c1-3-11-39(12-4-1)56-60-57(40-21-19-38(20-22-40)43-23-26-50-49-17-9-10-18-54(49)63(55(50)35-43)47-15-5-2-6-16-47)62-58(61-56)44-24-25-48-51-32-41-13-7-8-14-42(41)33-53(51)59(52(48)34-44)45-28-36-27-37(30-45)31-46(59)29-36/h1-26,32-37,45-46H,27-31H2. The van der Waals surface area contributed by atoms with E-state index in [9.17, 15) is 0 Å². The van der Waals surface area contributed by atoms with E-state index in [1.807, 2.05) is 6.07 Å². The predicted molar refractivity (Wildman–Crippen MR) is 257 cm³/mol. The Hall–Kier alpha value is -7.17. The Morgan fingerprint density at radius 2 is 0.921 bits per heavy atom. The molecule has 4 heteroatoms. The second-order valence-electron chi connectivity index (χ2n) is 18.8. The van der Waals surface area contributed by atoms with E-state index in [-0.39, 0.29) is 5.41 Å². The smallest absolute Gasteiger partial charge is 0.164 e. The molecular formula is C59H44N4. The zero-order chi connectivity index (χ0) is 41.2. The minimum atomic E-state index is 0.0323. The van der Waals surface area contributed by atoms with Crippen LogP contribution in [0.1, 0.15) is 43.2 Å². The molecule has 0 radical (unpaired) electrons. The van der Waals surface area contributed by atoms with Gasteiger partial charge in [-0.15, -0.1) is 0 Å². The molecule has 8 aromatic carbocycles. The van der Waals surface area contributed by atoms with Crippen molar-refractivity contribution in [2.24, 2.45) is 23.7 Å². The van der Waals surface area contributed by atoms with E-state index in [0.29, 0.717) is 23.5 Å². The van der Waals surface area contributed by atoms with Crippen LogP contribution in [-0.4, -0.2) is 19.5 Å². The Labute approximate surface area is 367 Å². The van der Waals surface area contributed by atoms with Crippen LogP contribution in [0.4, 0.5) is 0 Å². The average Bonchev–Trinajstić information content (AvgIpc) is 3.82. The largest absolute Gasteiger partial charge is 0.309 e. The van der Waals surface area contributed by atoms with Crippen molar-refractivity contribution < 1.29 is 0 Å². The molecule has 2 heterocycles. The Balaban J connectivity index is 0.893. The quantitative estimate of drug-likeness (QED) is 0.174. The highest BCUT2D eigenvalue weighted by molar-refractivity contribution is 6.10. The van der Waals surface area contributed by atoms with Gasteiger partial charge in [-0.1, -0.05) is 140 Å². The van der Waals surface area contributed by atoms with Crippen LogP contribution in [0.3, 0.4) is 0 Å². The fraction of sp³-hybridized carbons (Fsp3) is 0.169. The Kier molecular flexibility index (Phi) is 7.54. The molecule has 0 aliphatic heterocycles. The second-order valence-corrected chi connectivity index (χ2v) is 18.8. The van der Waals surface area contributed by atoms with Gasteiger partial charge in [-0.3, -0.25) is 0 Å². The molecule has 5 aliphatic rings. The predicted octanol–water partition coefficient (Wildman–Crippen LogP) is 14.5. The normalized spacial score (nSPS) is 21.7. The zero-order valence-corrected chi connectivity index (χ0v) is 35.0. The van der Waals surface area contributed by atoms with E-state index < -0.39 is 0 Å². The molecule has 0 unspecified atom stereocenters. The summed E-state index contributed by atoms with van der Waals surface area (Å²) in [7, 11) is 0. The highest BCUT2D eigenvalue weighted by Gasteiger charge is 2.61. The minimum absolute atomic E-state index is 0.0323. The van der Waals surface area contributed by atoms with Crippen molar-refractivity contribution >= 4 is 32.6 Å². The molecule has 4 fully saturated rings. The number of fused-ring (bicyclic) bond motifs is 7. The first-order chi connectivity index (χ1) is 31.2. The highest BCUT2D eigenvalue weighted by atomic mass is 15.0. The third-order valence-electron chi connectivity index (χ3n) is 15.6. The molecule has 0 N–H and O–H groups in total. The van der Waals surface area contributed by atoms with E-state index in [4.69, 9.17) is 15.0 Å². The van der Waals surface area contributed by atoms with Gasteiger partial charge >= 0.3 is 0 Å². The van der Waals surface area contributed by atoms with Crippen LogP contribution in [0.5, 0.6) is 0 Å². The Bertz CT molecular complexity index is 3430. The molecule has 4 bridgehead atoms. The van der Waals surface area contributed by atoms with Crippen molar-refractivity contribution in [3.63, 3.8) is 0 Å². The van der Waals surface area contributed by atoms with Crippen molar-refractivity contribution in [1.82, 2.24) is 19.5 Å². The summed E-state index contributed by atoms with van der Waals surface area (Å²) in [5.74, 6) is 5.19.